The second-order valence-corrected chi connectivity index (χ2v) is 4.60. The molecule has 0 unspecified atom stereocenters. The highest BCUT2D eigenvalue weighted by atomic mass is 79.9. The van der Waals surface area contributed by atoms with Crippen molar-refractivity contribution in [2.24, 2.45) is 0 Å². The molecule has 0 atom stereocenters. The minimum absolute atomic E-state index is 0.235. The molecule has 0 radical (unpaired) electrons. The number of rotatable bonds is 2. The van der Waals surface area contributed by atoms with E-state index in [1.807, 2.05) is 0 Å². The van der Waals surface area contributed by atoms with Crippen LogP contribution in [-0.4, -0.2) is 18.4 Å². The summed E-state index contributed by atoms with van der Waals surface area (Å²) in [6, 6.07) is 0. The third-order valence-electron chi connectivity index (χ3n) is 1.07. The quantitative estimate of drug-likeness (QED) is 0.738. The van der Waals surface area contributed by atoms with Crippen LogP contribution in [0.1, 0.15) is 0 Å². The zero-order valence-electron chi connectivity index (χ0n) is 5.94. The van der Waals surface area contributed by atoms with Crippen LogP contribution in [0.4, 0.5) is 0 Å². The maximum Gasteiger partial charge on any atom is 0.251 e. The molecule has 0 aliphatic carbocycles. The van der Waals surface area contributed by atoms with Gasteiger partial charge in [0.15, 0.2) is 0 Å². The summed E-state index contributed by atoms with van der Waals surface area (Å²) in [5.74, 6) is 0. The lowest BCUT2D eigenvalue weighted by molar-refractivity contribution is 0.595. The number of halogens is 1. The van der Waals surface area contributed by atoms with Crippen molar-refractivity contribution >= 4 is 25.8 Å². The van der Waals surface area contributed by atoms with Crippen LogP contribution < -0.4 is 0 Å². The Balaban J connectivity index is 3.23. The standard InChI is InChI=1S/C6H5BrN2O2S/c1-2-12(10,11)6-8-3-5(7)4-9-6/h2-4H,1H2. The largest absolute Gasteiger partial charge is 0.251 e. The molecule has 1 aromatic rings. The van der Waals surface area contributed by atoms with Gasteiger partial charge in [0.05, 0.1) is 4.47 Å². The van der Waals surface area contributed by atoms with E-state index in [-0.39, 0.29) is 5.16 Å². The van der Waals surface area contributed by atoms with E-state index in [0.717, 1.165) is 5.41 Å². The van der Waals surface area contributed by atoms with Gasteiger partial charge in [-0.2, -0.15) is 0 Å². The number of hydrogen-bond donors (Lipinski definition) is 0. The molecule has 12 heavy (non-hydrogen) atoms. The van der Waals surface area contributed by atoms with E-state index in [0.29, 0.717) is 4.47 Å². The smallest absolute Gasteiger partial charge is 0.225 e. The summed E-state index contributed by atoms with van der Waals surface area (Å²) in [6.07, 6.45) is 2.73. The molecule has 0 N–H and O–H groups in total. The SMILES string of the molecule is C=CS(=O)(=O)c1ncc(Br)cn1. The lowest BCUT2D eigenvalue weighted by atomic mass is 10.7. The van der Waals surface area contributed by atoms with Gasteiger partial charge in [0.2, 0.25) is 9.84 Å². The van der Waals surface area contributed by atoms with E-state index in [1.54, 1.807) is 0 Å². The molecule has 0 aliphatic heterocycles. The predicted octanol–water partition coefficient (Wildman–Crippen LogP) is 1.16. The minimum atomic E-state index is -3.49. The Labute approximate surface area is 78.4 Å². The van der Waals surface area contributed by atoms with Crippen LogP contribution in [0.25, 0.3) is 0 Å². The van der Waals surface area contributed by atoms with Gasteiger partial charge in [-0.3, -0.25) is 0 Å². The third kappa shape index (κ3) is 1.89. The van der Waals surface area contributed by atoms with Gasteiger partial charge in [0.25, 0.3) is 5.16 Å². The molecule has 0 saturated heterocycles. The average molecular weight is 249 g/mol. The van der Waals surface area contributed by atoms with Gasteiger partial charge >= 0.3 is 0 Å². The maximum atomic E-state index is 11.1. The summed E-state index contributed by atoms with van der Waals surface area (Å²) in [7, 11) is -3.49. The molecule has 1 heterocycles. The molecule has 0 fully saturated rings. The zero-order chi connectivity index (χ0) is 9.19. The van der Waals surface area contributed by atoms with Crippen molar-refractivity contribution < 1.29 is 8.42 Å². The van der Waals surface area contributed by atoms with Gasteiger partial charge < -0.3 is 0 Å². The van der Waals surface area contributed by atoms with Crippen molar-refractivity contribution in [2.45, 2.75) is 5.16 Å². The molecule has 64 valence electrons. The van der Waals surface area contributed by atoms with E-state index in [4.69, 9.17) is 0 Å². The summed E-state index contributed by atoms with van der Waals surface area (Å²) < 4.78 is 22.7. The highest BCUT2D eigenvalue weighted by Gasteiger charge is 2.11. The maximum absolute atomic E-state index is 11.1. The molecule has 1 aromatic heterocycles. The summed E-state index contributed by atoms with van der Waals surface area (Å²) in [5.41, 5.74) is 0. The number of sulfone groups is 1. The second-order valence-electron chi connectivity index (χ2n) is 1.90. The van der Waals surface area contributed by atoms with Crippen LogP contribution in [0.2, 0.25) is 0 Å². The highest BCUT2D eigenvalue weighted by molar-refractivity contribution is 9.10. The first kappa shape index (κ1) is 9.34. The normalized spacial score (nSPS) is 11.1. The molecule has 0 spiro atoms. The Hall–Kier alpha value is -0.750. The third-order valence-corrected chi connectivity index (χ3v) is 2.64. The van der Waals surface area contributed by atoms with Crippen LogP contribution in [0.3, 0.4) is 0 Å². The van der Waals surface area contributed by atoms with E-state index in [9.17, 15) is 8.42 Å². The summed E-state index contributed by atoms with van der Waals surface area (Å²) >= 11 is 3.09. The van der Waals surface area contributed by atoms with Crippen LogP contribution in [0.15, 0.2) is 34.0 Å². The summed E-state index contributed by atoms with van der Waals surface area (Å²) in [6.45, 7) is 3.15. The van der Waals surface area contributed by atoms with Gasteiger partial charge in [-0.25, -0.2) is 18.4 Å². The van der Waals surface area contributed by atoms with Crippen molar-refractivity contribution in [1.29, 1.82) is 0 Å². The van der Waals surface area contributed by atoms with Crippen LogP contribution in [0.5, 0.6) is 0 Å². The van der Waals surface area contributed by atoms with Gasteiger partial charge in [-0.1, -0.05) is 6.58 Å². The molecule has 0 aliphatic rings. The first-order chi connectivity index (χ1) is 5.56. The fourth-order valence-corrected chi connectivity index (χ4v) is 1.27. The van der Waals surface area contributed by atoms with Crippen molar-refractivity contribution in [3.63, 3.8) is 0 Å². The Morgan fingerprint density at radius 3 is 2.33 bits per heavy atom. The molecule has 0 saturated carbocycles. The van der Waals surface area contributed by atoms with E-state index >= 15 is 0 Å². The molecule has 4 nitrogen and oxygen atoms in total. The Morgan fingerprint density at radius 2 is 1.92 bits per heavy atom. The van der Waals surface area contributed by atoms with Crippen molar-refractivity contribution in [2.75, 3.05) is 0 Å². The zero-order valence-corrected chi connectivity index (χ0v) is 8.34. The molecule has 0 amide bonds. The molecular weight excluding hydrogens is 244 g/mol. The van der Waals surface area contributed by atoms with E-state index in [1.165, 1.54) is 12.4 Å². The summed E-state index contributed by atoms with van der Waals surface area (Å²) in [5, 5.41) is 0.580. The fourth-order valence-electron chi connectivity index (χ4n) is 0.522. The monoisotopic (exact) mass is 248 g/mol. The first-order valence-corrected chi connectivity index (χ1v) is 5.25. The molecular formula is C6H5BrN2O2S. The Morgan fingerprint density at radius 1 is 1.42 bits per heavy atom. The van der Waals surface area contributed by atoms with Crippen molar-refractivity contribution in [3.05, 3.63) is 28.9 Å². The van der Waals surface area contributed by atoms with Crippen molar-refractivity contribution in [3.8, 4) is 0 Å². The van der Waals surface area contributed by atoms with Gasteiger partial charge in [-0.05, 0) is 15.9 Å². The number of aromatic nitrogens is 2. The van der Waals surface area contributed by atoms with Gasteiger partial charge in [-0.15, -0.1) is 0 Å². The molecule has 1 rings (SSSR count). The second kappa shape index (κ2) is 3.32. The highest BCUT2D eigenvalue weighted by Crippen LogP contribution is 2.08. The topological polar surface area (TPSA) is 59.9 Å². The molecule has 0 bridgehead atoms. The lowest BCUT2D eigenvalue weighted by Gasteiger charge is -1.94. The van der Waals surface area contributed by atoms with Gasteiger partial charge in [0.1, 0.15) is 0 Å². The first-order valence-electron chi connectivity index (χ1n) is 2.91. The Kier molecular flexibility index (Phi) is 2.58. The molecule has 0 aromatic carbocycles. The average Bonchev–Trinajstić information content (AvgIpc) is 2.05. The van der Waals surface area contributed by atoms with E-state index in [2.05, 4.69) is 32.5 Å². The minimum Gasteiger partial charge on any atom is -0.225 e. The Bertz CT molecular complexity index is 385. The van der Waals surface area contributed by atoms with Gasteiger partial charge in [0, 0.05) is 17.8 Å². The van der Waals surface area contributed by atoms with E-state index < -0.39 is 9.84 Å². The van der Waals surface area contributed by atoms with Crippen molar-refractivity contribution in [1.82, 2.24) is 9.97 Å². The lowest BCUT2D eigenvalue weighted by Crippen LogP contribution is -2.01. The number of hydrogen-bond acceptors (Lipinski definition) is 4. The van der Waals surface area contributed by atoms with Crippen LogP contribution in [-0.2, 0) is 9.84 Å². The van der Waals surface area contributed by atoms with Crippen LogP contribution >= 0.6 is 15.9 Å². The predicted molar refractivity (Wildman–Crippen MR) is 47.1 cm³/mol. The fraction of sp³-hybridized carbons (Fsp3) is 0. The summed E-state index contributed by atoms with van der Waals surface area (Å²) in [4.78, 5) is 7.21. The van der Waals surface area contributed by atoms with Crippen LogP contribution in [0, 0.1) is 0 Å². The molecule has 6 heteroatoms. The number of nitrogens with zero attached hydrogens (tertiary/aromatic N) is 2.